The van der Waals surface area contributed by atoms with Crippen LogP contribution in [0.5, 0.6) is 17.2 Å². The van der Waals surface area contributed by atoms with Gasteiger partial charge in [-0.05, 0) is 60.0 Å². The molecule has 5 rings (SSSR count). The summed E-state index contributed by atoms with van der Waals surface area (Å²) in [4.78, 5) is 29.0. The first-order valence-corrected chi connectivity index (χ1v) is 11.7. The molecule has 0 radical (unpaired) electrons. The lowest BCUT2D eigenvalue weighted by Gasteiger charge is -2.26. The Morgan fingerprint density at radius 3 is 2.33 bits per heavy atom. The van der Waals surface area contributed by atoms with Gasteiger partial charge in [-0.15, -0.1) is 0 Å². The van der Waals surface area contributed by atoms with E-state index in [2.05, 4.69) is 0 Å². The van der Waals surface area contributed by atoms with E-state index in [0.717, 1.165) is 11.3 Å². The van der Waals surface area contributed by atoms with E-state index in [-0.39, 0.29) is 22.7 Å². The molecule has 3 aromatic carbocycles. The molecule has 1 amide bonds. The highest BCUT2D eigenvalue weighted by Crippen LogP contribution is 2.41. The lowest BCUT2D eigenvalue weighted by molar-refractivity contribution is 0.0730. The molecule has 0 fully saturated rings. The average molecular weight is 506 g/mol. The van der Waals surface area contributed by atoms with Crippen LogP contribution in [0.1, 0.15) is 33.3 Å². The zero-order valence-electron chi connectivity index (χ0n) is 20.0. The van der Waals surface area contributed by atoms with E-state index in [9.17, 15) is 9.59 Å². The number of methoxy groups -OCH3 is 3. The van der Waals surface area contributed by atoms with Gasteiger partial charge in [-0.25, -0.2) is 0 Å². The van der Waals surface area contributed by atoms with Gasteiger partial charge in [0, 0.05) is 11.6 Å². The normalized spacial score (nSPS) is 14.7. The Morgan fingerprint density at radius 1 is 0.889 bits per heavy atom. The van der Waals surface area contributed by atoms with Crippen molar-refractivity contribution in [1.29, 1.82) is 0 Å². The van der Waals surface area contributed by atoms with Gasteiger partial charge >= 0.3 is 0 Å². The van der Waals surface area contributed by atoms with Crippen molar-refractivity contribution in [1.82, 2.24) is 4.90 Å². The molecule has 184 valence electrons. The van der Waals surface area contributed by atoms with Crippen LogP contribution < -0.4 is 19.6 Å². The molecule has 0 spiro atoms. The number of carbonyl (C=O) groups excluding carboxylic acids is 1. The maximum atomic E-state index is 13.7. The van der Waals surface area contributed by atoms with Crippen LogP contribution in [0, 0.1) is 0 Å². The van der Waals surface area contributed by atoms with Crippen LogP contribution in [-0.4, -0.2) is 38.7 Å². The smallest absolute Gasteiger partial charge is 0.290 e. The highest BCUT2D eigenvalue weighted by atomic mass is 35.5. The first-order chi connectivity index (χ1) is 17.4. The van der Waals surface area contributed by atoms with Crippen molar-refractivity contribution >= 4 is 28.5 Å². The quantitative estimate of drug-likeness (QED) is 0.341. The minimum Gasteiger partial charge on any atom is -0.497 e. The SMILES string of the molecule is COc1ccc(CCN2C(=O)c3oc4ccc(Cl)cc4c(=O)c3C2c2ccc(OC)c(OC)c2)cc1. The van der Waals surface area contributed by atoms with Crippen LogP contribution in [0.2, 0.25) is 5.02 Å². The van der Waals surface area contributed by atoms with Gasteiger partial charge in [0.2, 0.25) is 5.76 Å². The van der Waals surface area contributed by atoms with Crippen molar-refractivity contribution in [3.8, 4) is 17.2 Å². The molecule has 0 saturated carbocycles. The van der Waals surface area contributed by atoms with Gasteiger partial charge in [0.15, 0.2) is 16.9 Å². The standard InChI is InChI=1S/C28H24ClNO6/c1-33-19-8-4-16(5-9-19)12-13-30-25(17-6-10-22(34-2)23(14-17)35-3)24-26(31)20-15-18(29)7-11-21(20)36-27(24)28(30)32/h4-11,14-15,25H,12-13H2,1-3H3. The van der Waals surface area contributed by atoms with Crippen molar-refractivity contribution in [3.05, 3.63) is 98.4 Å². The van der Waals surface area contributed by atoms with E-state index < -0.39 is 6.04 Å². The summed E-state index contributed by atoms with van der Waals surface area (Å²) in [6.45, 7) is 0.366. The number of nitrogens with zero attached hydrogens (tertiary/aromatic N) is 1. The lowest BCUT2D eigenvalue weighted by Crippen LogP contribution is -2.31. The fraction of sp³-hybridized carbons (Fsp3) is 0.214. The number of fused-ring (bicyclic) bond motifs is 2. The third kappa shape index (κ3) is 4.05. The molecule has 0 aliphatic carbocycles. The topological polar surface area (TPSA) is 78.2 Å². The average Bonchev–Trinajstić information content (AvgIpc) is 3.19. The zero-order valence-corrected chi connectivity index (χ0v) is 20.8. The number of carbonyl (C=O) groups is 1. The van der Waals surface area contributed by atoms with Crippen LogP contribution in [0.3, 0.4) is 0 Å². The van der Waals surface area contributed by atoms with Crippen LogP contribution in [0.25, 0.3) is 11.0 Å². The van der Waals surface area contributed by atoms with Gasteiger partial charge in [0.25, 0.3) is 5.91 Å². The number of hydrogen-bond acceptors (Lipinski definition) is 6. The predicted octanol–water partition coefficient (Wildman–Crippen LogP) is 5.26. The molecule has 1 aliphatic heterocycles. The number of hydrogen-bond donors (Lipinski definition) is 0. The third-order valence-electron chi connectivity index (χ3n) is 6.45. The number of ether oxygens (including phenoxy) is 3. The summed E-state index contributed by atoms with van der Waals surface area (Å²) in [5.41, 5.74) is 2.06. The van der Waals surface area contributed by atoms with Crippen LogP contribution in [0.15, 0.2) is 69.9 Å². The van der Waals surface area contributed by atoms with Crippen molar-refractivity contribution in [3.63, 3.8) is 0 Å². The first-order valence-electron chi connectivity index (χ1n) is 11.4. The fourth-order valence-corrected chi connectivity index (χ4v) is 4.81. The fourth-order valence-electron chi connectivity index (χ4n) is 4.63. The van der Waals surface area contributed by atoms with Crippen LogP contribution in [0.4, 0.5) is 0 Å². The highest BCUT2D eigenvalue weighted by Gasteiger charge is 2.42. The van der Waals surface area contributed by atoms with Crippen molar-refractivity contribution < 1.29 is 23.4 Å². The maximum absolute atomic E-state index is 13.7. The van der Waals surface area contributed by atoms with Gasteiger partial charge in [0.1, 0.15) is 11.3 Å². The summed E-state index contributed by atoms with van der Waals surface area (Å²) in [5.74, 6) is 1.51. The number of benzene rings is 3. The second-order valence-corrected chi connectivity index (χ2v) is 8.86. The molecule has 7 nitrogen and oxygen atoms in total. The minimum atomic E-state index is -0.662. The summed E-state index contributed by atoms with van der Waals surface area (Å²) < 4.78 is 22.1. The Labute approximate surface area is 212 Å². The molecule has 0 saturated heterocycles. The Balaban J connectivity index is 1.63. The number of halogens is 1. The van der Waals surface area contributed by atoms with E-state index >= 15 is 0 Å². The highest BCUT2D eigenvalue weighted by molar-refractivity contribution is 6.31. The van der Waals surface area contributed by atoms with E-state index in [4.69, 9.17) is 30.2 Å². The monoisotopic (exact) mass is 505 g/mol. The second kappa shape index (κ2) is 9.59. The molecule has 1 aromatic heterocycles. The largest absolute Gasteiger partial charge is 0.497 e. The van der Waals surface area contributed by atoms with E-state index in [0.29, 0.717) is 46.0 Å². The lowest BCUT2D eigenvalue weighted by atomic mass is 9.97. The Bertz CT molecular complexity index is 1510. The van der Waals surface area contributed by atoms with Crippen LogP contribution >= 0.6 is 11.6 Å². The molecule has 2 heterocycles. The zero-order chi connectivity index (χ0) is 25.4. The molecule has 1 atom stereocenters. The molecule has 36 heavy (non-hydrogen) atoms. The van der Waals surface area contributed by atoms with Gasteiger partial charge < -0.3 is 23.5 Å². The van der Waals surface area contributed by atoms with Crippen molar-refractivity contribution in [2.24, 2.45) is 0 Å². The van der Waals surface area contributed by atoms with Gasteiger partial charge in [-0.1, -0.05) is 29.8 Å². The summed E-state index contributed by atoms with van der Waals surface area (Å²) in [6, 6.07) is 17.2. The molecular formula is C28H24ClNO6. The Hall–Kier alpha value is -3.97. The first kappa shape index (κ1) is 23.8. The molecule has 1 aliphatic rings. The number of rotatable bonds is 7. The second-order valence-electron chi connectivity index (χ2n) is 8.43. The maximum Gasteiger partial charge on any atom is 0.290 e. The van der Waals surface area contributed by atoms with Gasteiger partial charge in [0.05, 0.1) is 38.3 Å². The minimum absolute atomic E-state index is 0.0457. The van der Waals surface area contributed by atoms with Crippen molar-refractivity contribution in [2.45, 2.75) is 12.5 Å². The van der Waals surface area contributed by atoms with E-state index in [1.165, 1.54) is 0 Å². The molecule has 1 unspecified atom stereocenters. The third-order valence-corrected chi connectivity index (χ3v) is 6.69. The molecule has 8 heteroatoms. The Morgan fingerprint density at radius 2 is 1.64 bits per heavy atom. The molecular weight excluding hydrogens is 482 g/mol. The summed E-state index contributed by atoms with van der Waals surface area (Å²) in [5, 5.41) is 0.745. The molecule has 0 N–H and O–H groups in total. The van der Waals surface area contributed by atoms with Crippen molar-refractivity contribution in [2.75, 3.05) is 27.9 Å². The Kier molecular flexibility index (Phi) is 6.33. The van der Waals surface area contributed by atoms with Gasteiger partial charge in [-0.2, -0.15) is 0 Å². The van der Waals surface area contributed by atoms with E-state index in [1.54, 1.807) is 56.6 Å². The van der Waals surface area contributed by atoms with Gasteiger partial charge in [-0.3, -0.25) is 9.59 Å². The summed E-state index contributed by atoms with van der Waals surface area (Å²) in [6.07, 6.45) is 0.576. The summed E-state index contributed by atoms with van der Waals surface area (Å²) >= 11 is 6.17. The molecule has 0 bridgehead atoms. The predicted molar refractivity (Wildman–Crippen MR) is 137 cm³/mol. The molecule has 4 aromatic rings. The number of amides is 1. The van der Waals surface area contributed by atoms with Crippen LogP contribution in [-0.2, 0) is 6.42 Å². The summed E-state index contributed by atoms with van der Waals surface area (Å²) in [7, 11) is 4.71. The van der Waals surface area contributed by atoms with E-state index in [1.807, 2.05) is 30.3 Å².